The summed E-state index contributed by atoms with van der Waals surface area (Å²) in [4.78, 5) is 13.8. The SMILES string of the molecule is CCN(Cc1cccc(N)c1)C(=O)CCSC. The van der Waals surface area contributed by atoms with Crippen LogP contribution in [0.2, 0.25) is 0 Å². The van der Waals surface area contributed by atoms with Gasteiger partial charge in [-0.05, 0) is 30.9 Å². The van der Waals surface area contributed by atoms with Crippen molar-refractivity contribution in [3.63, 3.8) is 0 Å². The minimum absolute atomic E-state index is 0.212. The van der Waals surface area contributed by atoms with Gasteiger partial charge in [-0.3, -0.25) is 4.79 Å². The van der Waals surface area contributed by atoms with Crippen LogP contribution in [-0.4, -0.2) is 29.4 Å². The second-order valence-electron chi connectivity index (χ2n) is 3.90. The highest BCUT2D eigenvalue weighted by Crippen LogP contribution is 2.11. The van der Waals surface area contributed by atoms with Gasteiger partial charge in [-0.1, -0.05) is 12.1 Å². The molecule has 0 saturated carbocycles. The summed E-state index contributed by atoms with van der Waals surface area (Å²) in [6.07, 6.45) is 2.62. The Labute approximate surface area is 107 Å². The molecule has 0 bridgehead atoms. The standard InChI is InChI=1S/C13H20N2OS/c1-3-15(13(16)7-8-17-2)10-11-5-4-6-12(14)9-11/h4-6,9H,3,7-8,10,14H2,1-2H3. The Morgan fingerprint density at radius 2 is 2.24 bits per heavy atom. The lowest BCUT2D eigenvalue weighted by molar-refractivity contribution is -0.131. The van der Waals surface area contributed by atoms with E-state index in [1.165, 1.54) is 0 Å². The molecule has 1 aromatic rings. The summed E-state index contributed by atoms with van der Waals surface area (Å²) in [6, 6.07) is 7.70. The van der Waals surface area contributed by atoms with Crippen LogP contribution < -0.4 is 5.73 Å². The molecule has 0 aliphatic carbocycles. The van der Waals surface area contributed by atoms with Gasteiger partial charge in [0.25, 0.3) is 0 Å². The third-order valence-corrected chi connectivity index (χ3v) is 3.19. The fourth-order valence-electron chi connectivity index (χ4n) is 1.64. The second-order valence-corrected chi connectivity index (χ2v) is 4.88. The highest BCUT2D eigenvalue weighted by atomic mass is 32.2. The van der Waals surface area contributed by atoms with E-state index >= 15 is 0 Å². The lowest BCUT2D eigenvalue weighted by Gasteiger charge is -2.21. The smallest absolute Gasteiger partial charge is 0.223 e. The third kappa shape index (κ3) is 4.69. The number of carbonyl (C=O) groups is 1. The monoisotopic (exact) mass is 252 g/mol. The van der Waals surface area contributed by atoms with E-state index in [1.807, 2.05) is 42.3 Å². The first-order valence-corrected chi connectivity index (χ1v) is 7.18. The van der Waals surface area contributed by atoms with Gasteiger partial charge in [-0.25, -0.2) is 0 Å². The first-order valence-electron chi connectivity index (χ1n) is 5.78. The van der Waals surface area contributed by atoms with Crippen molar-refractivity contribution in [2.24, 2.45) is 0 Å². The maximum Gasteiger partial charge on any atom is 0.223 e. The molecule has 0 aliphatic rings. The highest BCUT2D eigenvalue weighted by Gasteiger charge is 2.11. The van der Waals surface area contributed by atoms with Crippen LogP contribution in [0.4, 0.5) is 5.69 Å². The van der Waals surface area contributed by atoms with Crippen LogP contribution in [0.15, 0.2) is 24.3 Å². The number of hydrogen-bond donors (Lipinski definition) is 1. The number of nitrogen functional groups attached to an aromatic ring is 1. The van der Waals surface area contributed by atoms with Gasteiger partial charge in [0.1, 0.15) is 0 Å². The van der Waals surface area contributed by atoms with Crippen LogP contribution in [0.5, 0.6) is 0 Å². The Bertz CT molecular complexity index is 368. The Kier molecular flexibility index (Phi) is 5.91. The number of nitrogens with zero attached hydrogens (tertiary/aromatic N) is 1. The van der Waals surface area contributed by atoms with E-state index in [-0.39, 0.29) is 5.91 Å². The molecular weight excluding hydrogens is 232 g/mol. The van der Waals surface area contributed by atoms with Crippen LogP contribution in [0, 0.1) is 0 Å². The summed E-state index contributed by atoms with van der Waals surface area (Å²) in [7, 11) is 0. The maximum absolute atomic E-state index is 11.9. The molecule has 1 aromatic carbocycles. The molecule has 1 amide bonds. The Morgan fingerprint density at radius 3 is 2.82 bits per heavy atom. The van der Waals surface area contributed by atoms with E-state index in [4.69, 9.17) is 5.73 Å². The van der Waals surface area contributed by atoms with Crippen molar-refractivity contribution >= 4 is 23.4 Å². The first kappa shape index (κ1) is 13.9. The van der Waals surface area contributed by atoms with Crippen LogP contribution in [-0.2, 0) is 11.3 Å². The molecule has 0 heterocycles. The van der Waals surface area contributed by atoms with Gasteiger partial charge in [-0.15, -0.1) is 0 Å². The molecule has 0 aromatic heterocycles. The van der Waals surface area contributed by atoms with Crippen molar-refractivity contribution in [2.45, 2.75) is 19.9 Å². The van der Waals surface area contributed by atoms with E-state index in [0.717, 1.165) is 23.5 Å². The lowest BCUT2D eigenvalue weighted by atomic mass is 10.2. The molecular formula is C13H20N2OS. The average Bonchev–Trinajstić information content (AvgIpc) is 2.33. The lowest BCUT2D eigenvalue weighted by Crippen LogP contribution is -2.30. The largest absolute Gasteiger partial charge is 0.399 e. The molecule has 0 fully saturated rings. The van der Waals surface area contributed by atoms with Crippen molar-refractivity contribution in [3.05, 3.63) is 29.8 Å². The topological polar surface area (TPSA) is 46.3 Å². The summed E-state index contributed by atoms with van der Waals surface area (Å²) in [5.74, 6) is 1.09. The Morgan fingerprint density at radius 1 is 1.47 bits per heavy atom. The zero-order valence-corrected chi connectivity index (χ0v) is 11.3. The fraction of sp³-hybridized carbons (Fsp3) is 0.462. The Hall–Kier alpha value is -1.16. The molecule has 0 unspecified atom stereocenters. The van der Waals surface area contributed by atoms with E-state index in [2.05, 4.69) is 0 Å². The van der Waals surface area contributed by atoms with Crippen molar-refractivity contribution in [2.75, 3.05) is 24.3 Å². The molecule has 17 heavy (non-hydrogen) atoms. The number of amides is 1. The predicted molar refractivity (Wildman–Crippen MR) is 74.9 cm³/mol. The van der Waals surface area contributed by atoms with Gasteiger partial charge in [0, 0.05) is 31.0 Å². The summed E-state index contributed by atoms with van der Waals surface area (Å²) in [5, 5.41) is 0. The van der Waals surface area contributed by atoms with Gasteiger partial charge in [-0.2, -0.15) is 11.8 Å². The van der Waals surface area contributed by atoms with Crippen molar-refractivity contribution in [3.8, 4) is 0 Å². The molecule has 0 atom stereocenters. The molecule has 0 aliphatic heterocycles. The summed E-state index contributed by atoms with van der Waals surface area (Å²) >= 11 is 1.70. The van der Waals surface area contributed by atoms with Gasteiger partial charge in [0.2, 0.25) is 5.91 Å². The molecule has 94 valence electrons. The van der Waals surface area contributed by atoms with E-state index in [0.29, 0.717) is 13.0 Å². The van der Waals surface area contributed by atoms with Gasteiger partial charge in [0.15, 0.2) is 0 Å². The molecule has 0 saturated heterocycles. The minimum atomic E-state index is 0.212. The molecule has 4 heteroatoms. The molecule has 3 nitrogen and oxygen atoms in total. The minimum Gasteiger partial charge on any atom is -0.399 e. The van der Waals surface area contributed by atoms with Crippen LogP contribution in [0.1, 0.15) is 18.9 Å². The number of hydrogen-bond acceptors (Lipinski definition) is 3. The number of thioether (sulfide) groups is 1. The first-order chi connectivity index (χ1) is 8.17. The van der Waals surface area contributed by atoms with E-state index < -0.39 is 0 Å². The maximum atomic E-state index is 11.9. The molecule has 0 radical (unpaired) electrons. The van der Waals surface area contributed by atoms with Gasteiger partial charge < -0.3 is 10.6 Å². The highest BCUT2D eigenvalue weighted by molar-refractivity contribution is 7.98. The second kappa shape index (κ2) is 7.22. The summed E-state index contributed by atoms with van der Waals surface area (Å²) in [5.41, 5.74) is 7.56. The average molecular weight is 252 g/mol. The predicted octanol–water partition coefficient (Wildman–Crippen LogP) is 2.37. The zero-order chi connectivity index (χ0) is 12.7. The third-order valence-electron chi connectivity index (χ3n) is 2.58. The normalized spacial score (nSPS) is 10.2. The number of anilines is 1. The molecule has 0 spiro atoms. The fourth-order valence-corrected chi connectivity index (χ4v) is 2.01. The molecule has 1 rings (SSSR count). The van der Waals surface area contributed by atoms with Crippen molar-refractivity contribution < 1.29 is 4.79 Å². The van der Waals surface area contributed by atoms with E-state index in [1.54, 1.807) is 11.8 Å². The van der Waals surface area contributed by atoms with Crippen LogP contribution >= 0.6 is 11.8 Å². The van der Waals surface area contributed by atoms with Crippen molar-refractivity contribution in [1.82, 2.24) is 4.90 Å². The number of rotatable bonds is 6. The van der Waals surface area contributed by atoms with Crippen LogP contribution in [0.3, 0.4) is 0 Å². The van der Waals surface area contributed by atoms with Gasteiger partial charge >= 0.3 is 0 Å². The molecule has 2 N–H and O–H groups in total. The number of benzene rings is 1. The van der Waals surface area contributed by atoms with E-state index in [9.17, 15) is 4.79 Å². The number of carbonyl (C=O) groups excluding carboxylic acids is 1. The number of nitrogens with two attached hydrogens (primary N) is 1. The quantitative estimate of drug-likeness (QED) is 0.791. The summed E-state index contributed by atoms with van der Waals surface area (Å²) < 4.78 is 0. The van der Waals surface area contributed by atoms with Gasteiger partial charge in [0.05, 0.1) is 0 Å². The zero-order valence-electron chi connectivity index (χ0n) is 10.5. The van der Waals surface area contributed by atoms with Crippen LogP contribution in [0.25, 0.3) is 0 Å². The van der Waals surface area contributed by atoms with Crippen molar-refractivity contribution in [1.29, 1.82) is 0 Å². The summed E-state index contributed by atoms with van der Waals surface area (Å²) in [6.45, 7) is 3.39. The Balaban J connectivity index is 2.60.